The highest BCUT2D eigenvalue weighted by atomic mass is 19.1. The monoisotopic (exact) mass is 824 g/mol. The topological polar surface area (TPSA) is 184 Å². The molecule has 0 radical (unpaired) electrons. The van der Waals surface area contributed by atoms with Crippen molar-refractivity contribution in [2.45, 2.75) is 38.8 Å². The van der Waals surface area contributed by atoms with E-state index in [1.54, 1.807) is 36.4 Å². The van der Waals surface area contributed by atoms with Crippen molar-refractivity contribution in [3.05, 3.63) is 97.1 Å². The van der Waals surface area contributed by atoms with E-state index in [1.165, 1.54) is 0 Å². The summed E-state index contributed by atoms with van der Waals surface area (Å²) in [6.07, 6.45) is 3.45. The number of nitrogens with zero attached hydrogens (tertiary/aromatic N) is 10. The van der Waals surface area contributed by atoms with Crippen LogP contribution < -0.4 is 29.9 Å². The summed E-state index contributed by atoms with van der Waals surface area (Å²) in [6, 6.07) is 14.2. The number of carbonyl (C=O) groups is 2. The van der Waals surface area contributed by atoms with Crippen LogP contribution in [0.2, 0.25) is 0 Å². The average Bonchev–Trinajstić information content (AvgIpc) is 3.26. The van der Waals surface area contributed by atoms with E-state index >= 15 is 0 Å². The van der Waals surface area contributed by atoms with E-state index < -0.39 is 36.2 Å². The zero-order valence-electron chi connectivity index (χ0n) is 32.7. The lowest BCUT2D eigenvalue weighted by molar-refractivity contribution is -0.153. The SMILES string of the molecule is CC(NC1=Nc2ccccc2OC1OC(=O)/C=C/C(=O)OC1Oc2ccccc2N=C1NC(C)N1CCN(c2ncc(F)cn2)CC1)N1CCN(c2ncc(F)cn2)CC1. The molecule has 2 fully saturated rings. The Labute approximate surface area is 343 Å². The van der Waals surface area contributed by atoms with Gasteiger partial charge in [0.05, 0.1) is 37.1 Å². The van der Waals surface area contributed by atoms with Gasteiger partial charge in [0.15, 0.2) is 23.3 Å². The minimum absolute atomic E-state index is 0.255. The number of esters is 2. The van der Waals surface area contributed by atoms with Crippen LogP contribution in [0.3, 0.4) is 0 Å². The predicted octanol–water partition coefficient (Wildman–Crippen LogP) is 2.90. The number of aliphatic imine (C=N–C) groups is 2. The van der Waals surface area contributed by atoms with Crippen LogP contribution in [0.1, 0.15) is 13.8 Å². The minimum Gasteiger partial charge on any atom is -0.445 e. The molecule has 312 valence electrons. The zero-order valence-corrected chi connectivity index (χ0v) is 32.7. The van der Waals surface area contributed by atoms with Gasteiger partial charge < -0.3 is 39.4 Å². The third-order valence-electron chi connectivity index (χ3n) is 10.1. The number of hydrogen-bond donors (Lipinski definition) is 2. The highest BCUT2D eigenvalue weighted by molar-refractivity contribution is 5.97. The number of fused-ring (bicyclic) bond motifs is 2. The van der Waals surface area contributed by atoms with Gasteiger partial charge in [0.2, 0.25) is 11.9 Å². The largest absolute Gasteiger partial charge is 0.445 e. The summed E-state index contributed by atoms with van der Waals surface area (Å²) in [7, 11) is 0. The molecule has 4 aromatic rings. The van der Waals surface area contributed by atoms with Gasteiger partial charge in [0, 0.05) is 64.5 Å². The van der Waals surface area contributed by atoms with Crippen LogP contribution in [0.4, 0.5) is 32.1 Å². The Kier molecular flexibility index (Phi) is 12.0. The van der Waals surface area contributed by atoms with E-state index in [0.29, 0.717) is 87.1 Å². The van der Waals surface area contributed by atoms with Gasteiger partial charge in [0.25, 0.3) is 0 Å². The Morgan fingerprint density at radius 1 is 0.633 bits per heavy atom. The molecular weight excluding hydrogens is 783 g/mol. The number of aromatic nitrogens is 4. The van der Waals surface area contributed by atoms with Crippen molar-refractivity contribution in [1.82, 2.24) is 40.4 Å². The van der Waals surface area contributed by atoms with Crippen molar-refractivity contribution in [2.75, 3.05) is 62.2 Å². The molecule has 2 saturated heterocycles. The normalized spacial score (nSPS) is 20.3. The Bertz CT molecular complexity index is 2090. The second-order valence-electron chi connectivity index (χ2n) is 14.1. The molecule has 4 unspecified atom stereocenters. The van der Waals surface area contributed by atoms with E-state index in [4.69, 9.17) is 28.9 Å². The summed E-state index contributed by atoms with van der Waals surface area (Å²) in [4.78, 5) is 60.4. The Morgan fingerprint density at radius 2 is 1.00 bits per heavy atom. The van der Waals surface area contributed by atoms with Gasteiger partial charge in [-0.15, -0.1) is 0 Å². The minimum atomic E-state index is -1.25. The number of ether oxygens (including phenoxy) is 4. The first kappa shape index (κ1) is 40.0. The number of hydrogen-bond acceptors (Lipinski definition) is 18. The maximum Gasteiger partial charge on any atom is 0.334 e. The third kappa shape index (κ3) is 9.56. The van der Waals surface area contributed by atoms with Crippen molar-refractivity contribution in [3.63, 3.8) is 0 Å². The number of amidine groups is 2. The molecule has 8 rings (SSSR count). The van der Waals surface area contributed by atoms with Crippen molar-refractivity contribution < 1.29 is 37.3 Å². The number of benzene rings is 2. The second-order valence-corrected chi connectivity index (χ2v) is 14.1. The van der Waals surface area contributed by atoms with Gasteiger partial charge in [-0.05, 0) is 38.1 Å². The standard InChI is InChI=1S/C40H42F2N12O6/c1-25(51-13-17-53(18-14-51)39-43-21-27(41)22-44-39)47-35-37(57-31-9-5-3-7-29(31)49-35)59-33(55)11-12-34(56)60-38-36(50-30-8-4-6-10-32(30)58-38)48-26(2)52-15-19-54(20-16-52)40-45-23-28(42)24-46-40/h3-12,21-26,37-38H,13-20H2,1-2H3,(H,47,49)(H,48,50)/b12-11+. The fourth-order valence-corrected chi connectivity index (χ4v) is 6.96. The lowest BCUT2D eigenvalue weighted by Crippen LogP contribution is -2.57. The molecule has 4 aliphatic rings. The van der Waals surface area contributed by atoms with Crippen LogP contribution >= 0.6 is 0 Å². The Hall–Kier alpha value is -6.80. The van der Waals surface area contributed by atoms with Crippen LogP contribution in [0.5, 0.6) is 11.5 Å². The molecule has 0 spiro atoms. The number of carbonyl (C=O) groups excluding carboxylic acids is 2. The molecule has 0 bridgehead atoms. The molecule has 0 aliphatic carbocycles. The summed E-state index contributed by atoms with van der Waals surface area (Å²) in [6.45, 7) is 8.88. The van der Waals surface area contributed by atoms with Gasteiger partial charge >= 0.3 is 24.5 Å². The molecule has 6 heterocycles. The van der Waals surface area contributed by atoms with Gasteiger partial charge in [0.1, 0.15) is 22.9 Å². The Morgan fingerprint density at radius 3 is 1.38 bits per heavy atom. The predicted molar refractivity (Wildman–Crippen MR) is 214 cm³/mol. The quantitative estimate of drug-likeness (QED) is 0.176. The van der Waals surface area contributed by atoms with E-state index in [2.05, 4.69) is 40.4 Å². The molecule has 4 atom stereocenters. The van der Waals surface area contributed by atoms with Gasteiger partial charge in [-0.2, -0.15) is 0 Å². The number of nitrogens with one attached hydrogen (secondary N) is 2. The molecule has 2 aromatic heterocycles. The molecule has 2 N–H and O–H groups in total. The van der Waals surface area contributed by atoms with E-state index in [-0.39, 0.29) is 24.0 Å². The first-order valence-electron chi connectivity index (χ1n) is 19.4. The van der Waals surface area contributed by atoms with Crippen molar-refractivity contribution in [2.24, 2.45) is 9.98 Å². The second kappa shape index (κ2) is 18.0. The highest BCUT2D eigenvalue weighted by Crippen LogP contribution is 2.33. The van der Waals surface area contributed by atoms with Crippen molar-refractivity contribution in [1.29, 1.82) is 0 Å². The zero-order chi connectivity index (χ0) is 41.6. The molecule has 20 heteroatoms. The van der Waals surface area contributed by atoms with Gasteiger partial charge in [-0.1, -0.05) is 24.3 Å². The maximum absolute atomic E-state index is 13.3. The Balaban J connectivity index is 0.874. The summed E-state index contributed by atoms with van der Waals surface area (Å²) < 4.78 is 50.1. The highest BCUT2D eigenvalue weighted by Gasteiger charge is 2.33. The molecule has 60 heavy (non-hydrogen) atoms. The summed E-state index contributed by atoms with van der Waals surface area (Å²) >= 11 is 0. The average molecular weight is 825 g/mol. The first-order chi connectivity index (χ1) is 29.1. The third-order valence-corrected chi connectivity index (χ3v) is 10.1. The number of piperazine rings is 2. The molecule has 18 nitrogen and oxygen atoms in total. The summed E-state index contributed by atoms with van der Waals surface area (Å²) in [5, 5.41) is 6.66. The van der Waals surface area contributed by atoms with Crippen molar-refractivity contribution >= 4 is 46.9 Å². The van der Waals surface area contributed by atoms with Crippen LogP contribution in [0.15, 0.2) is 95.5 Å². The first-order valence-corrected chi connectivity index (χ1v) is 19.4. The van der Waals surface area contributed by atoms with Crippen LogP contribution in [0.25, 0.3) is 0 Å². The molecular formula is C40H42F2N12O6. The van der Waals surface area contributed by atoms with E-state index in [0.717, 1.165) is 36.9 Å². The van der Waals surface area contributed by atoms with E-state index in [9.17, 15) is 18.4 Å². The van der Waals surface area contributed by atoms with Crippen LogP contribution in [-0.2, 0) is 19.1 Å². The van der Waals surface area contributed by atoms with E-state index in [1.807, 2.05) is 35.8 Å². The van der Waals surface area contributed by atoms with Gasteiger partial charge in [-0.3, -0.25) is 9.80 Å². The molecule has 2 aromatic carbocycles. The lowest BCUT2D eigenvalue weighted by atomic mass is 10.2. The number of halogens is 2. The van der Waals surface area contributed by atoms with Crippen LogP contribution in [-0.4, -0.2) is 131 Å². The van der Waals surface area contributed by atoms with Crippen LogP contribution in [0, 0.1) is 11.6 Å². The van der Waals surface area contributed by atoms with Gasteiger partial charge in [-0.25, -0.2) is 48.3 Å². The fraction of sp³-hybridized carbons (Fsp3) is 0.350. The lowest BCUT2D eigenvalue weighted by Gasteiger charge is -2.39. The number of para-hydroxylation sites is 4. The summed E-state index contributed by atoms with van der Waals surface area (Å²) in [5.74, 6) is -0.489. The fourth-order valence-electron chi connectivity index (χ4n) is 6.96. The number of rotatable bonds is 10. The molecule has 0 saturated carbocycles. The summed E-state index contributed by atoms with van der Waals surface area (Å²) in [5.41, 5.74) is 1.10. The van der Waals surface area contributed by atoms with Crippen molar-refractivity contribution in [3.8, 4) is 11.5 Å². The molecule has 4 aliphatic heterocycles. The smallest absolute Gasteiger partial charge is 0.334 e. The number of anilines is 2. The molecule has 0 amide bonds. The maximum atomic E-state index is 13.3.